The number of carbonyl (C=O) groups is 2. The number of hydrogen-bond donors (Lipinski definition) is 1. The van der Waals surface area contributed by atoms with Crippen molar-refractivity contribution >= 4 is 17.5 Å². The van der Waals surface area contributed by atoms with Gasteiger partial charge in [-0.15, -0.1) is 0 Å². The first-order valence-corrected chi connectivity index (χ1v) is 13.6. The smallest absolute Gasteiger partial charge is 0.237 e. The summed E-state index contributed by atoms with van der Waals surface area (Å²) < 4.78 is 28.7. The van der Waals surface area contributed by atoms with E-state index in [1.165, 1.54) is 0 Å². The SMILES string of the molecule is O=C(C[C@H]1CC[C@H](c2cccc(F)c2F)Cc2cccnc21)c1cnc2c(c1)C[C@@]1(C2)C(=O)Nc2ncccc21. The summed E-state index contributed by atoms with van der Waals surface area (Å²) in [5.74, 6) is -1.55. The minimum atomic E-state index is -0.847. The first kappa shape index (κ1) is 24.7. The molecule has 0 radical (unpaired) electrons. The Hall–Kier alpha value is -4.33. The molecule has 2 aliphatic carbocycles. The lowest BCUT2D eigenvalue weighted by Crippen LogP contribution is -2.35. The van der Waals surface area contributed by atoms with E-state index in [9.17, 15) is 18.4 Å². The Bertz CT molecular complexity index is 1690. The van der Waals surface area contributed by atoms with Gasteiger partial charge in [0.25, 0.3) is 0 Å². The molecule has 4 heterocycles. The molecule has 1 amide bonds. The van der Waals surface area contributed by atoms with Gasteiger partial charge in [0.15, 0.2) is 17.4 Å². The molecule has 1 aliphatic heterocycles. The van der Waals surface area contributed by atoms with Gasteiger partial charge in [0.05, 0.1) is 5.41 Å². The summed E-state index contributed by atoms with van der Waals surface area (Å²) in [5, 5.41) is 2.90. The molecule has 1 aromatic carbocycles. The van der Waals surface area contributed by atoms with E-state index in [0.717, 1.165) is 34.1 Å². The van der Waals surface area contributed by atoms with Crippen LogP contribution in [0.2, 0.25) is 0 Å². The van der Waals surface area contributed by atoms with Gasteiger partial charge < -0.3 is 5.32 Å². The van der Waals surface area contributed by atoms with Crippen molar-refractivity contribution in [3.63, 3.8) is 0 Å². The van der Waals surface area contributed by atoms with E-state index in [1.54, 1.807) is 30.7 Å². The number of rotatable bonds is 4. The monoisotopic (exact) mass is 536 g/mol. The summed E-state index contributed by atoms with van der Waals surface area (Å²) in [6, 6.07) is 13.8. The molecule has 1 spiro atoms. The fraction of sp³-hybridized carbons (Fsp3) is 0.281. The van der Waals surface area contributed by atoms with Crippen molar-refractivity contribution in [3.05, 3.63) is 118 Å². The highest BCUT2D eigenvalue weighted by Gasteiger charge is 2.51. The standard InChI is InChI=1S/C32H26F2N4O2/c33-25-7-1-5-23(28(25)34)18-8-9-20(29-19(12-18)4-2-10-35-29)14-27(39)22-13-21-15-32(16-26(21)37-17-22)24-6-3-11-36-30(24)38-31(32)40/h1-7,10-11,13,17-18,20H,8-9,12,14-16H2,(H,36,38,40)/t18-,20+,32-/m0/s1. The molecule has 0 saturated heterocycles. The van der Waals surface area contributed by atoms with E-state index < -0.39 is 17.0 Å². The van der Waals surface area contributed by atoms with Crippen LogP contribution in [-0.4, -0.2) is 26.6 Å². The molecule has 0 fully saturated rings. The number of ketones is 1. The van der Waals surface area contributed by atoms with Crippen LogP contribution in [0.15, 0.2) is 67.1 Å². The number of Topliss-reactive ketones (excluding diaryl/α,β-unsaturated/α-hetero) is 1. The highest BCUT2D eigenvalue weighted by Crippen LogP contribution is 2.46. The van der Waals surface area contributed by atoms with Crippen LogP contribution < -0.4 is 5.32 Å². The molecule has 8 heteroatoms. The first-order chi connectivity index (χ1) is 19.4. The summed E-state index contributed by atoms with van der Waals surface area (Å²) in [7, 11) is 0. The first-order valence-electron chi connectivity index (χ1n) is 13.6. The Balaban J connectivity index is 1.14. The molecule has 3 aromatic heterocycles. The molecule has 0 bridgehead atoms. The number of hydrogen-bond acceptors (Lipinski definition) is 5. The topological polar surface area (TPSA) is 84.8 Å². The van der Waals surface area contributed by atoms with E-state index in [4.69, 9.17) is 0 Å². The average molecular weight is 537 g/mol. The van der Waals surface area contributed by atoms with Crippen molar-refractivity contribution in [2.45, 2.75) is 55.8 Å². The molecular formula is C32H26F2N4O2. The van der Waals surface area contributed by atoms with Crippen molar-refractivity contribution in [3.8, 4) is 0 Å². The van der Waals surface area contributed by atoms with Crippen LogP contribution in [0.25, 0.3) is 0 Å². The number of aromatic nitrogens is 3. The number of nitrogens with zero attached hydrogens (tertiary/aromatic N) is 3. The normalized spacial score (nSPS) is 22.8. The molecular weight excluding hydrogens is 510 g/mol. The summed E-state index contributed by atoms with van der Waals surface area (Å²) in [5.41, 5.74) is 4.53. The third-order valence-electron chi connectivity index (χ3n) is 8.83. The van der Waals surface area contributed by atoms with E-state index >= 15 is 0 Å². The van der Waals surface area contributed by atoms with Crippen molar-refractivity contribution < 1.29 is 18.4 Å². The molecule has 3 aliphatic rings. The molecule has 3 atom stereocenters. The lowest BCUT2D eigenvalue weighted by molar-refractivity contribution is -0.120. The second-order valence-electron chi connectivity index (χ2n) is 11.1. The number of carbonyl (C=O) groups excluding carboxylic acids is 2. The maximum Gasteiger partial charge on any atom is 0.237 e. The van der Waals surface area contributed by atoms with Crippen LogP contribution in [-0.2, 0) is 29.5 Å². The molecule has 200 valence electrons. The Labute approximate surface area is 229 Å². The molecule has 6 nitrogen and oxygen atoms in total. The zero-order valence-electron chi connectivity index (χ0n) is 21.7. The third-order valence-corrected chi connectivity index (χ3v) is 8.83. The Kier molecular flexibility index (Phi) is 5.80. The van der Waals surface area contributed by atoms with Gasteiger partial charge in [-0.2, -0.15) is 0 Å². The Morgan fingerprint density at radius 2 is 1.82 bits per heavy atom. The zero-order chi connectivity index (χ0) is 27.4. The fourth-order valence-corrected chi connectivity index (χ4v) is 6.81. The van der Waals surface area contributed by atoms with Gasteiger partial charge in [-0.1, -0.05) is 24.3 Å². The fourth-order valence-electron chi connectivity index (χ4n) is 6.81. The van der Waals surface area contributed by atoms with Gasteiger partial charge in [-0.3, -0.25) is 19.6 Å². The second kappa shape index (κ2) is 9.40. The summed E-state index contributed by atoms with van der Waals surface area (Å²) in [6.07, 6.45) is 7.94. The van der Waals surface area contributed by atoms with Crippen LogP contribution in [0.5, 0.6) is 0 Å². The molecule has 0 unspecified atom stereocenters. The number of fused-ring (bicyclic) bond motifs is 4. The predicted molar refractivity (Wildman–Crippen MR) is 144 cm³/mol. The summed E-state index contributed by atoms with van der Waals surface area (Å²) in [6.45, 7) is 0. The quantitative estimate of drug-likeness (QED) is 0.271. The van der Waals surface area contributed by atoms with Crippen LogP contribution in [0.4, 0.5) is 14.6 Å². The highest BCUT2D eigenvalue weighted by atomic mass is 19.2. The number of nitrogens with one attached hydrogen (secondary N) is 1. The van der Waals surface area contributed by atoms with Crippen LogP contribution in [0.1, 0.15) is 75.1 Å². The number of halogens is 2. The Morgan fingerprint density at radius 1 is 0.975 bits per heavy atom. The molecule has 1 N–H and O–H groups in total. The molecule has 0 saturated carbocycles. The van der Waals surface area contributed by atoms with Crippen LogP contribution >= 0.6 is 0 Å². The van der Waals surface area contributed by atoms with E-state index in [0.29, 0.717) is 49.0 Å². The van der Waals surface area contributed by atoms with E-state index in [2.05, 4.69) is 20.3 Å². The third kappa shape index (κ3) is 3.93. The number of benzene rings is 1. The lowest BCUT2D eigenvalue weighted by atomic mass is 9.80. The van der Waals surface area contributed by atoms with Gasteiger partial charge in [0.1, 0.15) is 5.82 Å². The number of pyridine rings is 3. The van der Waals surface area contributed by atoms with Crippen molar-refractivity contribution in [1.82, 2.24) is 15.0 Å². The second-order valence-corrected chi connectivity index (χ2v) is 11.1. The lowest BCUT2D eigenvalue weighted by Gasteiger charge is -2.19. The molecule has 40 heavy (non-hydrogen) atoms. The average Bonchev–Trinajstić information content (AvgIpc) is 3.41. The number of anilines is 1. The minimum Gasteiger partial charge on any atom is -0.310 e. The van der Waals surface area contributed by atoms with Crippen molar-refractivity contribution in [1.29, 1.82) is 0 Å². The summed E-state index contributed by atoms with van der Waals surface area (Å²) >= 11 is 0. The van der Waals surface area contributed by atoms with Gasteiger partial charge in [0, 0.05) is 59.9 Å². The van der Waals surface area contributed by atoms with E-state index in [-0.39, 0.29) is 29.9 Å². The summed E-state index contributed by atoms with van der Waals surface area (Å²) in [4.78, 5) is 40.2. The van der Waals surface area contributed by atoms with Gasteiger partial charge in [-0.25, -0.2) is 13.8 Å². The van der Waals surface area contributed by atoms with Gasteiger partial charge >= 0.3 is 0 Å². The highest BCUT2D eigenvalue weighted by molar-refractivity contribution is 6.06. The largest absolute Gasteiger partial charge is 0.310 e. The maximum absolute atomic E-state index is 14.7. The van der Waals surface area contributed by atoms with Crippen molar-refractivity contribution in [2.24, 2.45) is 0 Å². The Morgan fingerprint density at radius 3 is 2.73 bits per heavy atom. The van der Waals surface area contributed by atoms with Crippen LogP contribution in [0.3, 0.4) is 0 Å². The number of amides is 1. The van der Waals surface area contributed by atoms with Gasteiger partial charge in [-0.05, 0) is 72.6 Å². The molecule has 4 aromatic rings. The van der Waals surface area contributed by atoms with Crippen molar-refractivity contribution in [2.75, 3.05) is 5.32 Å². The van der Waals surface area contributed by atoms with Crippen LogP contribution in [0, 0.1) is 11.6 Å². The zero-order valence-corrected chi connectivity index (χ0v) is 21.7. The van der Waals surface area contributed by atoms with Gasteiger partial charge in [0.2, 0.25) is 5.91 Å². The minimum absolute atomic E-state index is 0.0498. The predicted octanol–water partition coefficient (Wildman–Crippen LogP) is 5.62. The maximum atomic E-state index is 14.7. The van der Waals surface area contributed by atoms with E-state index in [1.807, 2.05) is 30.3 Å². The molecule has 7 rings (SSSR count).